The Kier molecular flexibility index (Phi) is 1.20. The second-order valence-corrected chi connectivity index (χ2v) is 3.65. The van der Waals surface area contributed by atoms with Crippen LogP contribution in [0.1, 0.15) is 24.6 Å². The van der Waals surface area contributed by atoms with Crippen molar-refractivity contribution in [2.45, 2.75) is 18.8 Å². The van der Waals surface area contributed by atoms with Crippen molar-refractivity contribution in [1.82, 2.24) is 9.38 Å². The lowest BCUT2D eigenvalue weighted by Crippen LogP contribution is -1.94. The molecule has 1 aliphatic rings. The van der Waals surface area contributed by atoms with Crippen LogP contribution in [0.4, 0.5) is 5.69 Å². The topological polar surface area (TPSA) is 43.3 Å². The molecule has 2 aromatic rings. The van der Waals surface area contributed by atoms with Crippen molar-refractivity contribution in [2.24, 2.45) is 0 Å². The Hall–Kier alpha value is -1.51. The molecule has 1 aliphatic carbocycles. The van der Waals surface area contributed by atoms with Gasteiger partial charge in [-0.05, 0) is 25.0 Å². The summed E-state index contributed by atoms with van der Waals surface area (Å²) in [7, 11) is 0. The van der Waals surface area contributed by atoms with Crippen LogP contribution in [-0.4, -0.2) is 9.38 Å². The maximum Gasteiger partial charge on any atom is 0.116 e. The standard InChI is InChI=1S/C10H11N3/c11-8-3-4-9-5-12-10(7-1-2-7)13(9)6-8/h3-7H,1-2,11H2. The van der Waals surface area contributed by atoms with Gasteiger partial charge in [0.2, 0.25) is 0 Å². The number of nitrogen functional groups attached to an aromatic ring is 1. The molecule has 3 nitrogen and oxygen atoms in total. The van der Waals surface area contributed by atoms with Gasteiger partial charge in [0.05, 0.1) is 11.7 Å². The van der Waals surface area contributed by atoms with E-state index in [1.54, 1.807) is 0 Å². The van der Waals surface area contributed by atoms with E-state index < -0.39 is 0 Å². The number of imidazole rings is 1. The maximum atomic E-state index is 5.72. The van der Waals surface area contributed by atoms with Gasteiger partial charge >= 0.3 is 0 Å². The zero-order valence-corrected chi connectivity index (χ0v) is 7.27. The van der Waals surface area contributed by atoms with Crippen LogP contribution in [0.25, 0.3) is 5.52 Å². The number of anilines is 1. The zero-order valence-electron chi connectivity index (χ0n) is 7.27. The minimum atomic E-state index is 0.671. The number of rotatable bonds is 1. The Morgan fingerprint density at radius 3 is 3.00 bits per heavy atom. The fourth-order valence-corrected chi connectivity index (χ4v) is 1.67. The quantitative estimate of drug-likeness (QED) is 0.714. The van der Waals surface area contributed by atoms with Gasteiger partial charge in [-0.1, -0.05) is 0 Å². The first-order chi connectivity index (χ1) is 6.34. The molecule has 3 heteroatoms. The first-order valence-corrected chi connectivity index (χ1v) is 4.57. The van der Waals surface area contributed by atoms with E-state index in [0.717, 1.165) is 11.2 Å². The van der Waals surface area contributed by atoms with Gasteiger partial charge in [0, 0.05) is 17.8 Å². The lowest BCUT2D eigenvalue weighted by Gasteiger charge is -1.99. The molecule has 3 rings (SSSR count). The molecule has 0 radical (unpaired) electrons. The molecule has 0 bridgehead atoms. The molecule has 0 atom stereocenters. The second-order valence-electron chi connectivity index (χ2n) is 3.65. The Morgan fingerprint density at radius 2 is 2.23 bits per heavy atom. The van der Waals surface area contributed by atoms with Crippen LogP contribution < -0.4 is 5.73 Å². The summed E-state index contributed by atoms with van der Waals surface area (Å²) in [5, 5.41) is 0. The summed E-state index contributed by atoms with van der Waals surface area (Å²) in [5.41, 5.74) is 7.66. The van der Waals surface area contributed by atoms with E-state index in [0.29, 0.717) is 5.92 Å². The van der Waals surface area contributed by atoms with Gasteiger partial charge in [-0.3, -0.25) is 0 Å². The summed E-state index contributed by atoms with van der Waals surface area (Å²) in [6.45, 7) is 0. The van der Waals surface area contributed by atoms with Crippen molar-refractivity contribution < 1.29 is 0 Å². The molecule has 0 aliphatic heterocycles. The maximum absolute atomic E-state index is 5.72. The van der Waals surface area contributed by atoms with E-state index in [2.05, 4.69) is 9.38 Å². The molecule has 0 spiro atoms. The largest absolute Gasteiger partial charge is 0.398 e. The molecule has 13 heavy (non-hydrogen) atoms. The lowest BCUT2D eigenvalue weighted by atomic mass is 10.3. The highest BCUT2D eigenvalue weighted by molar-refractivity contribution is 5.52. The van der Waals surface area contributed by atoms with Gasteiger partial charge < -0.3 is 10.1 Å². The van der Waals surface area contributed by atoms with Crippen molar-refractivity contribution in [3.05, 3.63) is 30.4 Å². The number of pyridine rings is 1. The van der Waals surface area contributed by atoms with E-state index in [-0.39, 0.29) is 0 Å². The number of nitrogens with zero attached hydrogens (tertiary/aromatic N) is 2. The van der Waals surface area contributed by atoms with Crippen LogP contribution in [-0.2, 0) is 0 Å². The molecular weight excluding hydrogens is 162 g/mol. The predicted octanol–water partition coefficient (Wildman–Crippen LogP) is 1.79. The number of hydrogen-bond acceptors (Lipinski definition) is 2. The smallest absolute Gasteiger partial charge is 0.116 e. The molecule has 66 valence electrons. The normalized spacial score (nSPS) is 16.6. The highest BCUT2D eigenvalue weighted by Crippen LogP contribution is 2.39. The van der Waals surface area contributed by atoms with Crippen LogP contribution in [0.2, 0.25) is 0 Å². The van der Waals surface area contributed by atoms with Crippen LogP contribution in [0.5, 0.6) is 0 Å². The molecular formula is C10H11N3. The third-order valence-corrected chi connectivity index (χ3v) is 2.52. The fourth-order valence-electron chi connectivity index (χ4n) is 1.67. The highest BCUT2D eigenvalue weighted by atomic mass is 15.0. The average Bonchev–Trinajstić information content (AvgIpc) is 2.87. The molecule has 2 heterocycles. The monoisotopic (exact) mass is 173 g/mol. The molecule has 0 saturated heterocycles. The van der Waals surface area contributed by atoms with Gasteiger partial charge in [0.15, 0.2) is 0 Å². The number of fused-ring (bicyclic) bond motifs is 1. The number of nitrogens with two attached hydrogens (primary N) is 1. The summed E-state index contributed by atoms with van der Waals surface area (Å²) in [4.78, 5) is 4.41. The summed E-state index contributed by atoms with van der Waals surface area (Å²) in [6.07, 6.45) is 6.41. The molecule has 0 unspecified atom stereocenters. The summed E-state index contributed by atoms with van der Waals surface area (Å²) >= 11 is 0. The predicted molar refractivity (Wildman–Crippen MR) is 51.6 cm³/mol. The summed E-state index contributed by atoms with van der Waals surface area (Å²) in [5.74, 6) is 1.84. The van der Waals surface area contributed by atoms with Crippen LogP contribution >= 0.6 is 0 Å². The van der Waals surface area contributed by atoms with Crippen molar-refractivity contribution in [3.8, 4) is 0 Å². The van der Waals surface area contributed by atoms with Gasteiger partial charge in [0.1, 0.15) is 5.82 Å². The minimum Gasteiger partial charge on any atom is -0.398 e. The Morgan fingerprint density at radius 1 is 1.38 bits per heavy atom. The molecule has 1 fully saturated rings. The van der Waals surface area contributed by atoms with E-state index in [9.17, 15) is 0 Å². The fraction of sp³-hybridized carbons (Fsp3) is 0.300. The van der Waals surface area contributed by atoms with Crippen molar-refractivity contribution in [2.75, 3.05) is 5.73 Å². The second kappa shape index (κ2) is 2.25. The van der Waals surface area contributed by atoms with E-state index in [1.165, 1.54) is 18.7 Å². The van der Waals surface area contributed by atoms with Gasteiger partial charge in [-0.2, -0.15) is 0 Å². The average molecular weight is 173 g/mol. The lowest BCUT2D eigenvalue weighted by molar-refractivity contribution is 0.922. The van der Waals surface area contributed by atoms with E-state index in [1.807, 2.05) is 24.5 Å². The first-order valence-electron chi connectivity index (χ1n) is 4.57. The van der Waals surface area contributed by atoms with Gasteiger partial charge in [-0.25, -0.2) is 4.98 Å². The molecule has 2 N–H and O–H groups in total. The van der Waals surface area contributed by atoms with Gasteiger partial charge in [-0.15, -0.1) is 0 Å². The number of aromatic nitrogens is 2. The Bertz CT molecular complexity index is 454. The van der Waals surface area contributed by atoms with Crippen LogP contribution in [0.15, 0.2) is 24.5 Å². The van der Waals surface area contributed by atoms with E-state index >= 15 is 0 Å². The first kappa shape index (κ1) is 6.95. The van der Waals surface area contributed by atoms with E-state index in [4.69, 9.17) is 5.73 Å². The molecule has 0 aromatic carbocycles. The van der Waals surface area contributed by atoms with Crippen molar-refractivity contribution in [3.63, 3.8) is 0 Å². The van der Waals surface area contributed by atoms with Gasteiger partial charge in [0.25, 0.3) is 0 Å². The van der Waals surface area contributed by atoms with Crippen molar-refractivity contribution >= 4 is 11.2 Å². The Labute approximate surface area is 76.2 Å². The molecule has 0 amide bonds. The highest BCUT2D eigenvalue weighted by Gasteiger charge is 2.27. The summed E-state index contributed by atoms with van der Waals surface area (Å²) in [6, 6.07) is 3.92. The molecule has 1 saturated carbocycles. The minimum absolute atomic E-state index is 0.671. The third-order valence-electron chi connectivity index (χ3n) is 2.52. The van der Waals surface area contributed by atoms with Crippen LogP contribution in [0, 0.1) is 0 Å². The Balaban J connectivity index is 2.29. The SMILES string of the molecule is Nc1ccc2cnc(C3CC3)n2c1. The third kappa shape index (κ3) is 1.00. The zero-order chi connectivity index (χ0) is 8.84. The van der Waals surface area contributed by atoms with Crippen LogP contribution in [0.3, 0.4) is 0 Å². The molecule has 2 aromatic heterocycles. The number of hydrogen-bond donors (Lipinski definition) is 1. The summed E-state index contributed by atoms with van der Waals surface area (Å²) < 4.78 is 2.10. The van der Waals surface area contributed by atoms with Crippen molar-refractivity contribution in [1.29, 1.82) is 0 Å².